The molecule has 2 aliphatic rings. The Morgan fingerprint density at radius 2 is 1.81 bits per heavy atom. The molecule has 0 saturated heterocycles. The van der Waals surface area contributed by atoms with E-state index in [-0.39, 0.29) is 12.4 Å². The maximum absolute atomic E-state index is 5.82. The van der Waals surface area contributed by atoms with Crippen molar-refractivity contribution >= 4 is 16.5 Å². The maximum Gasteiger partial charge on any atom is 0.231 e. The van der Waals surface area contributed by atoms with Crippen molar-refractivity contribution in [2.75, 3.05) is 32.4 Å². The Morgan fingerprint density at radius 1 is 0.972 bits per heavy atom. The Morgan fingerprint density at radius 3 is 2.64 bits per heavy atom. The van der Waals surface area contributed by atoms with Crippen LogP contribution in [0, 0.1) is 0 Å². The van der Waals surface area contributed by atoms with Gasteiger partial charge in [0.2, 0.25) is 12.5 Å². The zero-order valence-corrected chi connectivity index (χ0v) is 21.0. The minimum Gasteiger partial charge on any atom is -1.00 e. The number of nitrogens with zero attached hydrogens (tertiary/aromatic N) is 1. The number of pyridine rings is 1. The summed E-state index contributed by atoms with van der Waals surface area (Å²) in [6, 6.07) is 20.7. The number of methoxy groups -OCH3 is 1. The summed E-state index contributed by atoms with van der Waals surface area (Å²) in [6.45, 7) is 2.77. The second-order valence-electron chi connectivity index (χ2n) is 8.91. The van der Waals surface area contributed by atoms with Gasteiger partial charge in [0, 0.05) is 19.0 Å². The number of nitrogens with one attached hydrogen (secondary N) is 1. The van der Waals surface area contributed by atoms with Gasteiger partial charge in [-0.1, -0.05) is 24.3 Å². The fourth-order valence-corrected chi connectivity index (χ4v) is 4.92. The number of hydrogen-bond acceptors (Lipinski definition) is 5. The summed E-state index contributed by atoms with van der Waals surface area (Å²) in [7, 11) is 1.73. The van der Waals surface area contributed by atoms with Gasteiger partial charge in [-0.05, 0) is 54.1 Å². The predicted molar refractivity (Wildman–Crippen MR) is 136 cm³/mol. The number of halogens is 1. The molecule has 6 nitrogen and oxygen atoms in total. The van der Waals surface area contributed by atoms with Gasteiger partial charge in [0.25, 0.3) is 0 Å². The van der Waals surface area contributed by atoms with Crippen LogP contribution in [0.1, 0.15) is 18.4 Å². The van der Waals surface area contributed by atoms with Gasteiger partial charge in [0.05, 0.1) is 30.4 Å². The molecule has 1 N–H and O–H groups in total. The number of hydrogen-bond donors (Lipinski definition) is 1. The molecule has 36 heavy (non-hydrogen) atoms. The van der Waals surface area contributed by atoms with Crippen LogP contribution < -0.4 is 41.2 Å². The number of aromatic nitrogens is 1. The molecule has 186 valence electrons. The molecule has 6 rings (SSSR count). The fourth-order valence-electron chi connectivity index (χ4n) is 4.92. The van der Waals surface area contributed by atoms with E-state index in [0.29, 0.717) is 13.4 Å². The Hall–Kier alpha value is -3.64. The van der Waals surface area contributed by atoms with Crippen LogP contribution >= 0.6 is 0 Å². The Bertz CT molecular complexity index is 1380. The summed E-state index contributed by atoms with van der Waals surface area (Å²) in [6.07, 6.45) is 5.20. The molecular formula is C29H29ClN2O4. The lowest BCUT2D eigenvalue weighted by molar-refractivity contribution is -0.686. The van der Waals surface area contributed by atoms with E-state index in [1.165, 1.54) is 22.2 Å². The van der Waals surface area contributed by atoms with E-state index in [9.17, 15) is 0 Å². The number of ether oxygens (including phenoxy) is 4. The fraction of sp³-hybridized carbons (Fsp3) is 0.276. The van der Waals surface area contributed by atoms with E-state index in [1.807, 2.05) is 36.4 Å². The lowest BCUT2D eigenvalue weighted by atomic mass is 9.95. The summed E-state index contributed by atoms with van der Waals surface area (Å²) in [5.74, 6) is 3.45. The number of unbranched alkanes of at least 4 members (excludes halogenated alkanes) is 1. The van der Waals surface area contributed by atoms with Gasteiger partial charge in [-0.15, -0.1) is 0 Å². The first-order chi connectivity index (χ1) is 17.3. The second-order valence-corrected chi connectivity index (χ2v) is 8.91. The van der Waals surface area contributed by atoms with Crippen molar-refractivity contribution in [1.29, 1.82) is 0 Å². The van der Waals surface area contributed by atoms with E-state index >= 15 is 0 Å². The first-order valence-electron chi connectivity index (χ1n) is 12.2. The molecule has 0 amide bonds. The summed E-state index contributed by atoms with van der Waals surface area (Å²) in [4.78, 5) is 0. The monoisotopic (exact) mass is 504 g/mol. The SMILES string of the molecule is COc1ccc2cc3[n+](cc2c1NCCCCOc1ccccc1)CCc1cc2c(cc1-3)OCO2.[Cl-]. The van der Waals surface area contributed by atoms with Crippen molar-refractivity contribution in [2.24, 2.45) is 0 Å². The average Bonchev–Trinajstić information content (AvgIpc) is 3.36. The number of rotatable bonds is 8. The Balaban J connectivity index is 0.00000267. The van der Waals surface area contributed by atoms with Crippen LogP contribution in [0.2, 0.25) is 0 Å². The maximum atomic E-state index is 5.82. The quantitative estimate of drug-likeness (QED) is 0.295. The minimum atomic E-state index is 0. The van der Waals surface area contributed by atoms with E-state index < -0.39 is 0 Å². The Kier molecular flexibility index (Phi) is 7.05. The van der Waals surface area contributed by atoms with Crippen LogP contribution in [0.25, 0.3) is 22.0 Å². The molecule has 1 aromatic heterocycles. The molecule has 3 heterocycles. The highest BCUT2D eigenvalue weighted by Crippen LogP contribution is 2.41. The molecule has 3 aromatic carbocycles. The van der Waals surface area contributed by atoms with Crippen molar-refractivity contribution in [2.45, 2.75) is 25.8 Å². The smallest absolute Gasteiger partial charge is 0.231 e. The third-order valence-corrected chi connectivity index (χ3v) is 6.73. The Labute approximate surface area is 217 Å². The van der Waals surface area contributed by atoms with Gasteiger partial charge in [-0.3, -0.25) is 0 Å². The highest BCUT2D eigenvalue weighted by molar-refractivity contribution is 5.97. The molecule has 0 atom stereocenters. The molecular weight excluding hydrogens is 476 g/mol. The minimum absolute atomic E-state index is 0. The molecule has 2 aliphatic heterocycles. The molecule has 0 bridgehead atoms. The summed E-state index contributed by atoms with van der Waals surface area (Å²) >= 11 is 0. The van der Waals surface area contributed by atoms with Gasteiger partial charge in [-0.2, -0.15) is 4.57 Å². The normalized spacial score (nSPS) is 12.9. The van der Waals surface area contributed by atoms with Gasteiger partial charge in [-0.25, -0.2) is 0 Å². The zero-order chi connectivity index (χ0) is 23.6. The lowest BCUT2D eigenvalue weighted by Gasteiger charge is -2.18. The number of aryl methyl sites for hydroxylation is 2. The molecule has 0 saturated carbocycles. The third-order valence-electron chi connectivity index (χ3n) is 6.73. The highest BCUT2D eigenvalue weighted by atomic mass is 35.5. The standard InChI is InChI=1S/C29H28N2O4.ClH/c1-32-26-10-9-20-15-25-23-17-28-27(34-19-35-28)16-21(23)11-13-31(25)18-24(20)29(26)30-12-5-6-14-33-22-7-3-2-4-8-22;/h2-4,7-10,15-18H,5-6,11-14,19H2,1H3;1H. The van der Waals surface area contributed by atoms with Crippen LogP contribution in [0.5, 0.6) is 23.0 Å². The van der Waals surface area contributed by atoms with E-state index in [2.05, 4.69) is 40.3 Å². The molecule has 0 aliphatic carbocycles. The number of benzene rings is 3. The molecule has 0 fully saturated rings. The molecule has 0 radical (unpaired) electrons. The summed E-state index contributed by atoms with van der Waals surface area (Å²) < 4.78 is 25.1. The highest BCUT2D eigenvalue weighted by Gasteiger charge is 2.28. The molecule has 0 unspecified atom stereocenters. The van der Waals surface area contributed by atoms with Crippen molar-refractivity contribution in [3.63, 3.8) is 0 Å². The largest absolute Gasteiger partial charge is 1.00 e. The molecule has 7 heteroatoms. The van der Waals surface area contributed by atoms with Crippen LogP contribution in [0.3, 0.4) is 0 Å². The first-order valence-corrected chi connectivity index (χ1v) is 12.2. The molecule has 0 spiro atoms. The predicted octanol–water partition coefficient (Wildman–Crippen LogP) is 2.36. The number of fused-ring (bicyclic) bond motifs is 5. The van der Waals surface area contributed by atoms with Gasteiger partial charge in [0.15, 0.2) is 24.2 Å². The summed E-state index contributed by atoms with van der Waals surface area (Å²) in [5.41, 5.74) is 4.76. The second kappa shape index (κ2) is 10.5. The zero-order valence-electron chi connectivity index (χ0n) is 20.3. The average molecular weight is 505 g/mol. The van der Waals surface area contributed by atoms with Crippen LogP contribution in [-0.4, -0.2) is 27.1 Å². The van der Waals surface area contributed by atoms with Crippen molar-refractivity contribution in [3.8, 4) is 34.3 Å². The van der Waals surface area contributed by atoms with Crippen molar-refractivity contribution < 1.29 is 35.9 Å². The van der Waals surface area contributed by atoms with Gasteiger partial charge < -0.3 is 36.7 Å². The number of anilines is 1. The number of para-hydroxylation sites is 1. The molecule has 4 aromatic rings. The van der Waals surface area contributed by atoms with E-state index in [1.54, 1.807) is 7.11 Å². The van der Waals surface area contributed by atoms with E-state index in [0.717, 1.165) is 66.4 Å². The van der Waals surface area contributed by atoms with Gasteiger partial charge in [0.1, 0.15) is 11.5 Å². The van der Waals surface area contributed by atoms with Crippen LogP contribution in [-0.2, 0) is 13.0 Å². The lowest BCUT2D eigenvalue weighted by Crippen LogP contribution is -3.00. The van der Waals surface area contributed by atoms with Crippen LogP contribution in [0.4, 0.5) is 5.69 Å². The van der Waals surface area contributed by atoms with Gasteiger partial charge >= 0.3 is 0 Å². The third kappa shape index (κ3) is 4.61. The summed E-state index contributed by atoms with van der Waals surface area (Å²) in [5, 5.41) is 5.98. The van der Waals surface area contributed by atoms with E-state index in [4.69, 9.17) is 18.9 Å². The topological polar surface area (TPSA) is 52.8 Å². The first kappa shape index (κ1) is 24.1. The van der Waals surface area contributed by atoms with Crippen molar-refractivity contribution in [1.82, 2.24) is 0 Å². The van der Waals surface area contributed by atoms with Crippen molar-refractivity contribution in [3.05, 3.63) is 72.4 Å². The van der Waals surface area contributed by atoms with Crippen LogP contribution in [0.15, 0.2) is 66.9 Å².